The van der Waals surface area contributed by atoms with Crippen LogP contribution in [0.1, 0.15) is 22.7 Å². The molecule has 3 nitrogen and oxygen atoms in total. The van der Waals surface area contributed by atoms with E-state index in [1.807, 2.05) is 6.20 Å². The Morgan fingerprint density at radius 1 is 1.67 bits per heavy atom. The maximum Gasteiger partial charge on any atom is 0.107 e. The van der Waals surface area contributed by atoms with Crippen molar-refractivity contribution in [3.63, 3.8) is 0 Å². The van der Waals surface area contributed by atoms with Gasteiger partial charge in [0.15, 0.2) is 0 Å². The zero-order valence-electron chi connectivity index (χ0n) is 9.25. The molecule has 0 radical (unpaired) electrons. The Balaban J connectivity index is 1.65. The van der Waals surface area contributed by atoms with Crippen molar-refractivity contribution in [3.05, 3.63) is 16.1 Å². The van der Waals surface area contributed by atoms with E-state index >= 15 is 0 Å². The first-order chi connectivity index (χ1) is 7.34. The molecule has 0 spiro atoms. The third-order valence-corrected chi connectivity index (χ3v) is 3.69. The second-order valence-electron chi connectivity index (χ2n) is 4.21. The van der Waals surface area contributed by atoms with Gasteiger partial charge in [-0.3, -0.25) is 0 Å². The first-order valence-corrected chi connectivity index (χ1v) is 6.49. The van der Waals surface area contributed by atoms with E-state index in [9.17, 15) is 0 Å². The van der Waals surface area contributed by atoms with Crippen LogP contribution in [0.2, 0.25) is 0 Å². The van der Waals surface area contributed by atoms with Gasteiger partial charge in [-0.15, -0.1) is 11.3 Å². The molecule has 0 saturated carbocycles. The van der Waals surface area contributed by atoms with Crippen molar-refractivity contribution in [3.8, 4) is 0 Å². The molecule has 0 bridgehead atoms. The second kappa shape index (κ2) is 5.58. The SMILES string of the molecule is Cc1cnc(CNCC2CCCNC2)s1. The van der Waals surface area contributed by atoms with Crippen LogP contribution in [0.4, 0.5) is 0 Å². The largest absolute Gasteiger partial charge is 0.316 e. The summed E-state index contributed by atoms with van der Waals surface area (Å²) in [4.78, 5) is 5.64. The lowest BCUT2D eigenvalue weighted by Gasteiger charge is -2.22. The average molecular weight is 225 g/mol. The number of piperidine rings is 1. The maximum absolute atomic E-state index is 4.34. The monoisotopic (exact) mass is 225 g/mol. The minimum absolute atomic E-state index is 0.805. The Morgan fingerprint density at radius 2 is 2.60 bits per heavy atom. The predicted molar refractivity (Wildman–Crippen MR) is 64.2 cm³/mol. The molecule has 2 N–H and O–H groups in total. The number of hydrogen-bond acceptors (Lipinski definition) is 4. The number of nitrogens with zero attached hydrogens (tertiary/aromatic N) is 1. The summed E-state index contributed by atoms with van der Waals surface area (Å²) in [7, 11) is 0. The lowest BCUT2D eigenvalue weighted by molar-refractivity contribution is 0.360. The number of nitrogens with one attached hydrogen (secondary N) is 2. The molecular weight excluding hydrogens is 206 g/mol. The van der Waals surface area contributed by atoms with Crippen LogP contribution < -0.4 is 10.6 Å². The Bertz CT molecular complexity index is 292. The Kier molecular flexibility index (Phi) is 4.11. The van der Waals surface area contributed by atoms with E-state index in [2.05, 4.69) is 22.5 Å². The molecule has 0 aliphatic carbocycles. The zero-order chi connectivity index (χ0) is 10.5. The van der Waals surface area contributed by atoms with Crippen molar-refractivity contribution in [1.82, 2.24) is 15.6 Å². The normalized spacial score (nSPS) is 21.8. The lowest BCUT2D eigenvalue weighted by atomic mass is 10.00. The molecule has 1 aliphatic rings. The van der Waals surface area contributed by atoms with Crippen molar-refractivity contribution in [2.24, 2.45) is 5.92 Å². The quantitative estimate of drug-likeness (QED) is 0.816. The number of aryl methyl sites for hydroxylation is 1. The molecule has 0 aromatic carbocycles. The van der Waals surface area contributed by atoms with E-state index in [4.69, 9.17) is 0 Å². The summed E-state index contributed by atoms with van der Waals surface area (Å²) < 4.78 is 0. The Morgan fingerprint density at radius 3 is 3.27 bits per heavy atom. The molecule has 1 aliphatic heterocycles. The van der Waals surface area contributed by atoms with Crippen molar-refractivity contribution in [1.29, 1.82) is 0 Å². The molecule has 4 heteroatoms. The van der Waals surface area contributed by atoms with E-state index in [1.54, 1.807) is 11.3 Å². The van der Waals surface area contributed by atoms with E-state index in [0.29, 0.717) is 0 Å². The molecule has 15 heavy (non-hydrogen) atoms. The minimum atomic E-state index is 0.805. The van der Waals surface area contributed by atoms with Crippen LogP contribution in [0.15, 0.2) is 6.20 Å². The summed E-state index contributed by atoms with van der Waals surface area (Å²) in [5.74, 6) is 0.805. The van der Waals surface area contributed by atoms with E-state index < -0.39 is 0 Å². The highest BCUT2D eigenvalue weighted by molar-refractivity contribution is 7.11. The molecule has 2 heterocycles. The van der Waals surface area contributed by atoms with E-state index in [1.165, 1.54) is 35.8 Å². The van der Waals surface area contributed by atoms with Gasteiger partial charge in [0.25, 0.3) is 0 Å². The molecule has 84 valence electrons. The molecule has 0 amide bonds. The fourth-order valence-electron chi connectivity index (χ4n) is 1.96. The second-order valence-corrected chi connectivity index (χ2v) is 5.53. The summed E-state index contributed by atoms with van der Waals surface area (Å²) in [6.07, 6.45) is 4.63. The maximum atomic E-state index is 4.34. The topological polar surface area (TPSA) is 37.0 Å². The summed E-state index contributed by atoms with van der Waals surface area (Å²) in [6, 6.07) is 0. The van der Waals surface area contributed by atoms with Crippen molar-refractivity contribution in [2.75, 3.05) is 19.6 Å². The predicted octanol–water partition coefficient (Wildman–Crippen LogP) is 1.54. The molecule has 1 unspecified atom stereocenters. The van der Waals surface area contributed by atoms with Crippen LogP contribution in [0.3, 0.4) is 0 Å². The number of hydrogen-bond donors (Lipinski definition) is 2. The highest BCUT2D eigenvalue weighted by atomic mass is 32.1. The van der Waals surface area contributed by atoms with E-state index in [0.717, 1.165) is 19.0 Å². The summed E-state index contributed by atoms with van der Waals surface area (Å²) >= 11 is 1.79. The highest BCUT2D eigenvalue weighted by Crippen LogP contribution is 2.12. The van der Waals surface area contributed by atoms with Crippen molar-refractivity contribution >= 4 is 11.3 Å². The number of rotatable bonds is 4. The number of thiazole rings is 1. The number of aromatic nitrogens is 1. The first-order valence-electron chi connectivity index (χ1n) is 5.67. The average Bonchev–Trinajstić information content (AvgIpc) is 2.66. The summed E-state index contributed by atoms with van der Waals surface area (Å²) in [5.41, 5.74) is 0. The zero-order valence-corrected chi connectivity index (χ0v) is 10.1. The van der Waals surface area contributed by atoms with Crippen LogP contribution in [0.5, 0.6) is 0 Å². The molecule has 2 rings (SSSR count). The molecule has 1 saturated heterocycles. The van der Waals surface area contributed by atoms with Crippen LogP contribution >= 0.6 is 11.3 Å². The lowest BCUT2D eigenvalue weighted by Crippen LogP contribution is -2.35. The van der Waals surface area contributed by atoms with Gasteiger partial charge in [0.1, 0.15) is 5.01 Å². The fraction of sp³-hybridized carbons (Fsp3) is 0.727. The van der Waals surface area contributed by atoms with Crippen LogP contribution in [0.25, 0.3) is 0 Å². The van der Waals surface area contributed by atoms with Crippen LogP contribution in [-0.2, 0) is 6.54 Å². The molecule has 1 aromatic rings. The van der Waals surface area contributed by atoms with Gasteiger partial charge in [0.05, 0.1) is 0 Å². The van der Waals surface area contributed by atoms with E-state index in [-0.39, 0.29) is 0 Å². The van der Waals surface area contributed by atoms with Gasteiger partial charge in [-0.05, 0) is 45.3 Å². The molecule has 1 atom stereocenters. The highest BCUT2D eigenvalue weighted by Gasteiger charge is 2.12. The smallest absolute Gasteiger partial charge is 0.107 e. The van der Waals surface area contributed by atoms with Gasteiger partial charge in [-0.2, -0.15) is 0 Å². The molecule has 1 fully saturated rings. The Labute approximate surface area is 95.3 Å². The Hall–Kier alpha value is -0.450. The minimum Gasteiger partial charge on any atom is -0.316 e. The van der Waals surface area contributed by atoms with Crippen molar-refractivity contribution in [2.45, 2.75) is 26.3 Å². The first kappa shape index (κ1) is 11.0. The molecular formula is C11H19N3S. The third kappa shape index (κ3) is 3.55. The summed E-state index contributed by atoms with van der Waals surface area (Å²) in [5, 5.41) is 8.13. The summed E-state index contributed by atoms with van der Waals surface area (Å²) in [6.45, 7) is 6.51. The van der Waals surface area contributed by atoms with Gasteiger partial charge in [-0.25, -0.2) is 4.98 Å². The standard InChI is InChI=1S/C11H19N3S/c1-9-5-14-11(15-9)8-13-7-10-3-2-4-12-6-10/h5,10,12-13H,2-4,6-8H2,1H3. The van der Waals surface area contributed by atoms with Crippen molar-refractivity contribution < 1.29 is 0 Å². The van der Waals surface area contributed by atoms with Gasteiger partial charge in [-0.1, -0.05) is 0 Å². The van der Waals surface area contributed by atoms with Crippen LogP contribution in [-0.4, -0.2) is 24.6 Å². The fourth-order valence-corrected chi connectivity index (χ4v) is 2.72. The van der Waals surface area contributed by atoms with Gasteiger partial charge < -0.3 is 10.6 Å². The third-order valence-electron chi connectivity index (χ3n) is 2.78. The van der Waals surface area contributed by atoms with Gasteiger partial charge in [0, 0.05) is 17.6 Å². The van der Waals surface area contributed by atoms with Crippen LogP contribution in [0, 0.1) is 12.8 Å². The van der Waals surface area contributed by atoms with Gasteiger partial charge in [0.2, 0.25) is 0 Å². The van der Waals surface area contributed by atoms with Gasteiger partial charge >= 0.3 is 0 Å². The molecule has 1 aromatic heterocycles.